The van der Waals surface area contributed by atoms with E-state index in [1.165, 1.54) is 35.0 Å². The summed E-state index contributed by atoms with van der Waals surface area (Å²) in [6, 6.07) is 5.35. The van der Waals surface area contributed by atoms with E-state index >= 15 is 0 Å². The topological polar surface area (TPSA) is 132 Å². The van der Waals surface area contributed by atoms with E-state index in [0.717, 1.165) is 0 Å². The molecule has 7 nitrogen and oxygen atoms in total. The Morgan fingerprint density at radius 3 is 2.43 bits per heavy atom. The van der Waals surface area contributed by atoms with Crippen molar-refractivity contribution in [1.82, 2.24) is 4.57 Å². The second-order valence-electron chi connectivity index (χ2n) is 4.71. The van der Waals surface area contributed by atoms with Crippen molar-refractivity contribution in [2.45, 2.75) is 11.4 Å². The molecule has 23 heavy (non-hydrogen) atoms. The zero-order valence-electron chi connectivity index (χ0n) is 11.6. The van der Waals surface area contributed by atoms with E-state index in [4.69, 9.17) is 39.5 Å². The summed E-state index contributed by atoms with van der Waals surface area (Å²) in [5.74, 6) is -0.816. The lowest BCUT2D eigenvalue weighted by molar-refractivity contribution is 0.0997. The third kappa shape index (κ3) is 3.91. The molecule has 2 rings (SSSR count). The van der Waals surface area contributed by atoms with Gasteiger partial charge in [0.1, 0.15) is 5.49 Å². The standard InChI is InChI=1S/C13H12Cl2N4O3S/c14-8-1-2-11(23(18,21)22)7(3-8)5-19-6-9(15)4-10(12(19)16)13(17)20/h1-4,6,16H,5H2,(H2,17,20)(H2,18,21,22). The minimum absolute atomic E-state index is 0.0774. The van der Waals surface area contributed by atoms with Crippen LogP contribution < -0.4 is 16.4 Å². The Bertz CT molecular complexity index is 954. The third-order valence-electron chi connectivity index (χ3n) is 3.04. The number of nitrogens with zero attached hydrogens (tertiary/aromatic N) is 1. The van der Waals surface area contributed by atoms with Crippen LogP contribution in [0.1, 0.15) is 15.9 Å². The Hall–Kier alpha value is -1.87. The van der Waals surface area contributed by atoms with E-state index in [1.807, 2.05) is 0 Å². The Labute approximate surface area is 142 Å². The molecule has 1 aromatic carbocycles. The number of halogens is 2. The molecule has 0 atom stereocenters. The van der Waals surface area contributed by atoms with Crippen molar-refractivity contribution in [1.29, 1.82) is 5.41 Å². The maximum atomic E-state index is 11.7. The number of carbonyl (C=O) groups excluding carboxylic acids is 1. The molecule has 0 unspecified atom stereocenters. The largest absolute Gasteiger partial charge is 0.365 e. The van der Waals surface area contributed by atoms with Crippen LogP contribution in [-0.4, -0.2) is 18.9 Å². The number of amides is 1. The van der Waals surface area contributed by atoms with Gasteiger partial charge in [0.2, 0.25) is 10.0 Å². The molecule has 5 N–H and O–H groups in total. The number of hydrogen-bond donors (Lipinski definition) is 3. The van der Waals surface area contributed by atoms with Crippen LogP contribution in [0.5, 0.6) is 0 Å². The molecule has 1 heterocycles. The highest BCUT2D eigenvalue weighted by atomic mass is 35.5. The number of rotatable bonds is 4. The van der Waals surface area contributed by atoms with Crippen LogP contribution in [0.15, 0.2) is 35.4 Å². The highest BCUT2D eigenvalue weighted by molar-refractivity contribution is 7.89. The summed E-state index contributed by atoms with van der Waals surface area (Å²) in [6.07, 6.45) is 1.38. The number of carbonyl (C=O) groups is 1. The zero-order valence-corrected chi connectivity index (χ0v) is 13.9. The summed E-state index contributed by atoms with van der Waals surface area (Å²) in [4.78, 5) is 11.2. The van der Waals surface area contributed by atoms with Gasteiger partial charge in [-0.15, -0.1) is 0 Å². The quantitative estimate of drug-likeness (QED) is 0.738. The smallest absolute Gasteiger partial charge is 0.252 e. The first-order valence-electron chi connectivity index (χ1n) is 6.15. The van der Waals surface area contributed by atoms with Crippen molar-refractivity contribution in [3.8, 4) is 0 Å². The van der Waals surface area contributed by atoms with E-state index < -0.39 is 15.9 Å². The van der Waals surface area contributed by atoms with Crippen molar-refractivity contribution >= 4 is 39.1 Å². The van der Waals surface area contributed by atoms with E-state index in [9.17, 15) is 13.2 Å². The van der Waals surface area contributed by atoms with Crippen molar-refractivity contribution in [2.24, 2.45) is 10.9 Å². The van der Waals surface area contributed by atoms with Gasteiger partial charge in [0.15, 0.2) is 0 Å². The predicted octanol–water partition coefficient (Wildman–Crippen LogP) is 1.07. The number of nitrogens with one attached hydrogen (secondary N) is 1. The summed E-state index contributed by atoms with van der Waals surface area (Å²) in [7, 11) is -3.98. The molecule has 10 heteroatoms. The van der Waals surface area contributed by atoms with Crippen molar-refractivity contribution in [3.05, 3.63) is 57.1 Å². The van der Waals surface area contributed by atoms with Crippen LogP contribution in [-0.2, 0) is 16.6 Å². The number of pyridine rings is 1. The number of primary amides is 1. The van der Waals surface area contributed by atoms with Crippen LogP contribution in [0.3, 0.4) is 0 Å². The van der Waals surface area contributed by atoms with Gasteiger partial charge in [-0.25, -0.2) is 13.6 Å². The van der Waals surface area contributed by atoms with Crippen LogP contribution in [0, 0.1) is 5.41 Å². The van der Waals surface area contributed by atoms with Crippen LogP contribution in [0.4, 0.5) is 0 Å². The lowest BCUT2D eigenvalue weighted by Gasteiger charge is -2.13. The van der Waals surface area contributed by atoms with Gasteiger partial charge in [-0.05, 0) is 29.8 Å². The third-order valence-corrected chi connectivity index (χ3v) is 4.49. The van der Waals surface area contributed by atoms with Crippen LogP contribution in [0.2, 0.25) is 10.0 Å². The second kappa shape index (κ2) is 6.32. The van der Waals surface area contributed by atoms with E-state index in [2.05, 4.69) is 0 Å². The lowest BCUT2D eigenvalue weighted by atomic mass is 10.2. The zero-order chi connectivity index (χ0) is 17.4. The van der Waals surface area contributed by atoms with Gasteiger partial charge in [-0.2, -0.15) is 0 Å². The Kier molecular flexibility index (Phi) is 4.81. The molecule has 0 spiro atoms. The van der Waals surface area contributed by atoms with Gasteiger partial charge in [0, 0.05) is 11.2 Å². The van der Waals surface area contributed by atoms with Crippen molar-refractivity contribution in [2.75, 3.05) is 0 Å². The van der Waals surface area contributed by atoms with E-state index in [0.29, 0.717) is 5.02 Å². The normalized spacial score (nSPS) is 11.4. The minimum Gasteiger partial charge on any atom is -0.365 e. The first-order chi connectivity index (χ1) is 10.6. The number of aromatic nitrogens is 1. The Morgan fingerprint density at radius 2 is 1.87 bits per heavy atom. The molecule has 0 saturated heterocycles. The minimum atomic E-state index is -3.98. The van der Waals surface area contributed by atoms with Crippen LogP contribution in [0.25, 0.3) is 0 Å². The number of hydrogen-bond acceptors (Lipinski definition) is 4. The molecular weight excluding hydrogens is 363 g/mol. The van der Waals surface area contributed by atoms with Gasteiger partial charge in [0.25, 0.3) is 5.91 Å². The van der Waals surface area contributed by atoms with Gasteiger partial charge in [-0.1, -0.05) is 23.2 Å². The SMILES string of the molecule is N=c1c(C(N)=O)cc(Cl)cn1Cc1cc(Cl)ccc1S(N)(=O)=O. The monoisotopic (exact) mass is 374 g/mol. The molecule has 0 bridgehead atoms. The fraction of sp³-hybridized carbons (Fsp3) is 0.0769. The van der Waals surface area contributed by atoms with E-state index in [-0.39, 0.29) is 33.1 Å². The number of sulfonamides is 1. The van der Waals surface area contributed by atoms with Gasteiger partial charge in [0.05, 0.1) is 22.0 Å². The molecule has 0 fully saturated rings. The molecule has 0 aliphatic rings. The maximum Gasteiger partial charge on any atom is 0.252 e. The first-order valence-corrected chi connectivity index (χ1v) is 8.45. The summed E-state index contributed by atoms with van der Waals surface area (Å²) < 4.78 is 24.6. The second-order valence-corrected chi connectivity index (χ2v) is 7.11. The fourth-order valence-corrected chi connectivity index (χ4v) is 3.23. The van der Waals surface area contributed by atoms with Crippen molar-refractivity contribution in [3.63, 3.8) is 0 Å². The van der Waals surface area contributed by atoms with Gasteiger partial charge < -0.3 is 10.3 Å². The molecule has 0 aliphatic carbocycles. The molecule has 0 saturated carbocycles. The summed E-state index contributed by atoms with van der Waals surface area (Å²) >= 11 is 11.8. The van der Waals surface area contributed by atoms with Gasteiger partial charge >= 0.3 is 0 Å². The summed E-state index contributed by atoms with van der Waals surface area (Å²) in [5, 5.41) is 13.7. The van der Waals surface area contributed by atoms with Crippen molar-refractivity contribution < 1.29 is 13.2 Å². The number of benzene rings is 1. The molecule has 2 aromatic rings. The molecule has 1 amide bonds. The van der Waals surface area contributed by atoms with E-state index in [1.54, 1.807) is 0 Å². The molecule has 0 radical (unpaired) electrons. The average molecular weight is 375 g/mol. The highest BCUT2D eigenvalue weighted by Gasteiger charge is 2.16. The maximum absolute atomic E-state index is 11.7. The highest BCUT2D eigenvalue weighted by Crippen LogP contribution is 2.20. The predicted molar refractivity (Wildman–Crippen MR) is 85.7 cm³/mol. The molecule has 122 valence electrons. The molecule has 0 aliphatic heterocycles. The Balaban J connectivity index is 2.63. The van der Waals surface area contributed by atoms with Crippen LogP contribution >= 0.6 is 23.2 Å². The number of nitrogens with two attached hydrogens (primary N) is 2. The summed E-state index contributed by atoms with van der Waals surface area (Å²) in [6.45, 7) is -0.0774. The summed E-state index contributed by atoms with van der Waals surface area (Å²) in [5.41, 5.74) is 5.17. The molecular formula is C13H12Cl2N4O3S. The number of primary sulfonamides is 1. The molecule has 1 aromatic heterocycles. The first kappa shape index (κ1) is 17.5. The fourth-order valence-electron chi connectivity index (χ4n) is 2.06. The lowest BCUT2D eigenvalue weighted by Crippen LogP contribution is -2.30. The van der Waals surface area contributed by atoms with Gasteiger partial charge in [-0.3, -0.25) is 10.2 Å². The Morgan fingerprint density at radius 1 is 1.22 bits per heavy atom. The average Bonchev–Trinajstić information content (AvgIpc) is 2.40.